The van der Waals surface area contributed by atoms with Crippen molar-refractivity contribution in [1.29, 1.82) is 0 Å². The van der Waals surface area contributed by atoms with Gasteiger partial charge in [0.05, 0.1) is 0 Å². The van der Waals surface area contributed by atoms with Gasteiger partial charge in [-0.3, -0.25) is 4.79 Å². The van der Waals surface area contributed by atoms with Gasteiger partial charge in [-0.05, 0) is 41.8 Å². The molecule has 2 heteroatoms. The maximum Gasteiger partial charge on any atom is 0.141 e. The number of fused-ring (bicyclic) bond motifs is 1. The average Bonchev–Trinajstić information content (AvgIpc) is 2.81. The van der Waals surface area contributed by atoms with Gasteiger partial charge < -0.3 is 0 Å². The number of hydrogen-bond donors (Lipinski definition) is 0. The molecule has 0 atom stereocenters. The van der Waals surface area contributed by atoms with Gasteiger partial charge in [-0.1, -0.05) is 47.5 Å². The summed E-state index contributed by atoms with van der Waals surface area (Å²) in [5.74, 6) is 0.281. The SMILES string of the molecule is Cc1cc(C)cc(CC(=O)Cc2csc3ccccc23)c1. The third-order valence-corrected chi connectivity index (χ3v) is 4.64. The normalized spacial score (nSPS) is 11.0. The zero-order chi connectivity index (χ0) is 14.8. The van der Waals surface area contributed by atoms with Crippen molar-refractivity contribution in [1.82, 2.24) is 0 Å². The van der Waals surface area contributed by atoms with E-state index >= 15 is 0 Å². The highest BCUT2D eigenvalue weighted by Gasteiger charge is 2.10. The molecule has 3 rings (SSSR count). The second-order valence-electron chi connectivity index (χ2n) is 5.65. The van der Waals surface area contributed by atoms with Crippen molar-refractivity contribution in [2.24, 2.45) is 0 Å². The van der Waals surface area contributed by atoms with E-state index in [9.17, 15) is 4.79 Å². The molecular formula is C19H18OS. The fraction of sp³-hybridized carbons (Fsp3) is 0.211. The summed E-state index contributed by atoms with van der Waals surface area (Å²) < 4.78 is 1.26. The smallest absolute Gasteiger partial charge is 0.141 e. The number of aryl methyl sites for hydroxylation is 2. The van der Waals surface area contributed by atoms with E-state index in [1.807, 2.05) is 12.1 Å². The Hall–Kier alpha value is -1.93. The lowest BCUT2D eigenvalue weighted by Gasteiger charge is -2.04. The molecule has 0 saturated carbocycles. The molecule has 0 unspecified atom stereocenters. The number of rotatable bonds is 4. The van der Waals surface area contributed by atoms with Crippen LogP contribution in [-0.2, 0) is 17.6 Å². The third-order valence-electron chi connectivity index (χ3n) is 3.63. The Kier molecular flexibility index (Phi) is 3.89. The minimum absolute atomic E-state index is 0.281. The molecule has 0 bridgehead atoms. The zero-order valence-corrected chi connectivity index (χ0v) is 13.2. The van der Waals surface area contributed by atoms with Crippen LogP contribution in [-0.4, -0.2) is 5.78 Å². The van der Waals surface area contributed by atoms with E-state index in [2.05, 4.69) is 49.6 Å². The molecule has 0 N–H and O–H groups in total. The molecule has 3 aromatic rings. The first kappa shape index (κ1) is 14.0. The fourth-order valence-electron chi connectivity index (χ4n) is 2.84. The van der Waals surface area contributed by atoms with E-state index in [-0.39, 0.29) is 5.78 Å². The molecule has 1 heterocycles. The summed E-state index contributed by atoms with van der Waals surface area (Å²) in [6, 6.07) is 14.6. The van der Waals surface area contributed by atoms with Crippen molar-refractivity contribution in [2.45, 2.75) is 26.7 Å². The molecule has 0 fully saturated rings. The van der Waals surface area contributed by atoms with E-state index in [0.29, 0.717) is 12.8 Å². The molecule has 106 valence electrons. The van der Waals surface area contributed by atoms with Gasteiger partial charge >= 0.3 is 0 Å². The predicted molar refractivity (Wildman–Crippen MR) is 90.2 cm³/mol. The maximum atomic E-state index is 12.4. The monoisotopic (exact) mass is 294 g/mol. The minimum atomic E-state index is 0.281. The van der Waals surface area contributed by atoms with Crippen molar-refractivity contribution in [3.05, 3.63) is 70.1 Å². The molecule has 2 aromatic carbocycles. The number of benzene rings is 2. The van der Waals surface area contributed by atoms with Gasteiger partial charge in [0, 0.05) is 17.5 Å². The highest BCUT2D eigenvalue weighted by Crippen LogP contribution is 2.26. The molecule has 0 spiro atoms. The summed E-state index contributed by atoms with van der Waals surface area (Å²) in [5.41, 5.74) is 4.72. The summed E-state index contributed by atoms with van der Waals surface area (Å²) >= 11 is 1.71. The molecule has 0 aliphatic heterocycles. The van der Waals surface area contributed by atoms with Gasteiger partial charge in [0.25, 0.3) is 0 Å². The number of Topliss-reactive ketones (excluding diaryl/α,β-unsaturated/α-hetero) is 1. The Bertz CT molecular complexity index is 778. The Balaban J connectivity index is 1.77. The van der Waals surface area contributed by atoms with Crippen LogP contribution in [0, 0.1) is 13.8 Å². The van der Waals surface area contributed by atoms with Crippen molar-refractivity contribution < 1.29 is 4.79 Å². The quantitative estimate of drug-likeness (QED) is 0.670. The van der Waals surface area contributed by atoms with E-state index in [1.54, 1.807) is 11.3 Å². The number of carbonyl (C=O) groups is 1. The number of thiophene rings is 1. The van der Waals surface area contributed by atoms with Crippen LogP contribution >= 0.6 is 11.3 Å². The van der Waals surface area contributed by atoms with Gasteiger partial charge in [0.2, 0.25) is 0 Å². The van der Waals surface area contributed by atoms with Crippen LogP contribution in [0.15, 0.2) is 47.8 Å². The molecule has 0 saturated heterocycles. The Morgan fingerprint density at radius 1 is 1.00 bits per heavy atom. The fourth-order valence-corrected chi connectivity index (χ4v) is 3.81. The Morgan fingerprint density at radius 3 is 2.48 bits per heavy atom. The molecule has 0 radical (unpaired) electrons. The molecule has 0 aliphatic carbocycles. The molecule has 1 aromatic heterocycles. The summed E-state index contributed by atoms with van der Waals surface area (Å²) in [6.07, 6.45) is 1.05. The molecule has 21 heavy (non-hydrogen) atoms. The van der Waals surface area contributed by atoms with Crippen LogP contribution in [0.1, 0.15) is 22.3 Å². The first-order valence-electron chi connectivity index (χ1n) is 7.16. The largest absolute Gasteiger partial charge is 0.299 e. The van der Waals surface area contributed by atoms with Crippen LogP contribution in [0.2, 0.25) is 0 Å². The van der Waals surface area contributed by atoms with Gasteiger partial charge in [-0.15, -0.1) is 11.3 Å². The van der Waals surface area contributed by atoms with Crippen molar-refractivity contribution in [3.63, 3.8) is 0 Å². The summed E-state index contributed by atoms with van der Waals surface area (Å²) in [5, 5.41) is 3.33. The van der Waals surface area contributed by atoms with Crippen LogP contribution in [0.5, 0.6) is 0 Å². The molecular weight excluding hydrogens is 276 g/mol. The highest BCUT2D eigenvalue weighted by atomic mass is 32.1. The van der Waals surface area contributed by atoms with Gasteiger partial charge in [0.15, 0.2) is 0 Å². The number of hydrogen-bond acceptors (Lipinski definition) is 2. The second-order valence-corrected chi connectivity index (χ2v) is 6.56. The first-order chi connectivity index (χ1) is 10.1. The first-order valence-corrected chi connectivity index (χ1v) is 8.04. The van der Waals surface area contributed by atoms with Crippen LogP contribution < -0.4 is 0 Å². The standard InChI is InChI=1S/C19H18OS/c1-13-7-14(2)9-15(8-13)10-17(20)11-16-12-21-19-6-4-3-5-18(16)19/h3-9,12H,10-11H2,1-2H3. The number of carbonyl (C=O) groups excluding carboxylic acids is 1. The topological polar surface area (TPSA) is 17.1 Å². The lowest BCUT2D eigenvalue weighted by atomic mass is 9.99. The van der Waals surface area contributed by atoms with E-state index in [1.165, 1.54) is 21.2 Å². The summed E-state index contributed by atoms with van der Waals surface area (Å²) in [6.45, 7) is 4.15. The summed E-state index contributed by atoms with van der Waals surface area (Å²) in [7, 11) is 0. The van der Waals surface area contributed by atoms with Crippen LogP contribution in [0.3, 0.4) is 0 Å². The van der Waals surface area contributed by atoms with Crippen molar-refractivity contribution >= 4 is 27.2 Å². The third kappa shape index (κ3) is 3.22. The zero-order valence-electron chi connectivity index (χ0n) is 12.3. The Morgan fingerprint density at radius 2 is 1.71 bits per heavy atom. The molecule has 0 aliphatic rings. The van der Waals surface area contributed by atoms with Gasteiger partial charge in [-0.2, -0.15) is 0 Å². The van der Waals surface area contributed by atoms with E-state index in [0.717, 1.165) is 11.1 Å². The van der Waals surface area contributed by atoms with Crippen molar-refractivity contribution in [3.8, 4) is 0 Å². The van der Waals surface area contributed by atoms with Gasteiger partial charge in [-0.25, -0.2) is 0 Å². The minimum Gasteiger partial charge on any atom is -0.299 e. The lowest BCUT2D eigenvalue weighted by molar-refractivity contribution is -0.117. The highest BCUT2D eigenvalue weighted by molar-refractivity contribution is 7.17. The van der Waals surface area contributed by atoms with E-state index < -0.39 is 0 Å². The summed E-state index contributed by atoms with van der Waals surface area (Å²) in [4.78, 5) is 12.4. The van der Waals surface area contributed by atoms with Crippen molar-refractivity contribution in [2.75, 3.05) is 0 Å². The second kappa shape index (κ2) is 5.82. The predicted octanol–water partition coefficient (Wildman–Crippen LogP) is 4.87. The van der Waals surface area contributed by atoms with Crippen LogP contribution in [0.25, 0.3) is 10.1 Å². The Labute approximate surface area is 129 Å². The molecule has 0 amide bonds. The van der Waals surface area contributed by atoms with Crippen LogP contribution in [0.4, 0.5) is 0 Å². The van der Waals surface area contributed by atoms with Gasteiger partial charge in [0.1, 0.15) is 5.78 Å². The maximum absolute atomic E-state index is 12.4. The lowest BCUT2D eigenvalue weighted by Crippen LogP contribution is -2.06. The molecule has 1 nitrogen and oxygen atoms in total. The number of ketones is 1. The average molecular weight is 294 g/mol. The van der Waals surface area contributed by atoms with E-state index in [4.69, 9.17) is 0 Å².